The van der Waals surface area contributed by atoms with Gasteiger partial charge in [0.25, 0.3) is 5.91 Å². The number of anilines is 2. The predicted octanol–water partition coefficient (Wildman–Crippen LogP) is 4.46. The smallest absolute Gasteiger partial charge is 0.255 e. The number of nitrogens with one attached hydrogen (secondary N) is 2. The maximum absolute atomic E-state index is 12.5. The van der Waals surface area contributed by atoms with Crippen molar-refractivity contribution < 1.29 is 9.59 Å². The van der Waals surface area contributed by atoms with Crippen LogP contribution in [0.1, 0.15) is 38.8 Å². The number of rotatable bonds is 6. The summed E-state index contributed by atoms with van der Waals surface area (Å²) in [6, 6.07) is 18.5. The van der Waals surface area contributed by atoms with E-state index < -0.39 is 0 Å². The van der Waals surface area contributed by atoms with Gasteiger partial charge in [0.05, 0.1) is 0 Å². The van der Waals surface area contributed by atoms with E-state index in [0.29, 0.717) is 29.2 Å². The van der Waals surface area contributed by atoms with Crippen LogP contribution in [0.4, 0.5) is 11.5 Å². The molecule has 27 heavy (non-hydrogen) atoms. The van der Waals surface area contributed by atoms with Crippen LogP contribution in [0.25, 0.3) is 0 Å². The average Bonchev–Trinajstić information content (AvgIpc) is 2.68. The molecule has 0 aliphatic carbocycles. The van der Waals surface area contributed by atoms with E-state index in [1.807, 2.05) is 6.92 Å². The summed E-state index contributed by atoms with van der Waals surface area (Å²) in [5.41, 5.74) is 3.98. The van der Waals surface area contributed by atoms with E-state index in [9.17, 15) is 9.59 Å². The second-order valence-corrected chi connectivity index (χ2v) is 6.36. The molecule has 2 aromatic carbocycles. The number of hydrogen-bond donors (Lipinski definition) is 2. The van der Waals surface area contributed by atoms with Crippen LogP contribution in [0, 0.1) is 6.92 Å². The van der Waals surface area contributed by atoms with Gasteiger partial charge in [0.1, 0.15) is 5.82 Å². The van der Waals surface area contributed by atoms with Gasteiger partial charge in [-0.2, -0.15) is 0 Å². The summed E-state index contributed by atoms with van der Waals surface area (Å²) >= 11 is 0. The largest absolute Gasteiger partial charge is 0.366 e. The zero-order valence-corrected chi connectivity index (χ0v) is 15.3. The van der Waals surface area contributed by atoms with Crippen LogP contribution in [-0.2, 0) is 6.54 Å². The number of amides is 1. The van der Waals surface area contributed by atoms with Crippen LogP contribution < -0.4 is 10.6 Å². The van der Waals surface area contributed by atoms with E-state index in [-0.39, 0.29) is 11.7 Å². The first-order valence-electron chi connectivity index (χ1n) is 8.69. The van der Waals surface area contributed by atoms with E-state index in [1.165, 1.54) is 12.5 Å². The van der Waals surface area contributed by atoms with Gasteiger partial charge in [-0.3, -0.25) is 9.59 Å². The molecule has 3 aromatic rings. The molecule has 2 N–H and O–H groups in total. The number of aromatic nitrogens is 1. The lowest BCUT2D eigenvalue weighted by atomic mass is 10.1. The van der Waals surface area contributed by atoms with E-state index in [4.69, 9.17) is 0 Å². The highest BCUT2D eigenvalue weighted by Gasteiger charge is 2.09. The molecule has 0 saturated carbocycles. The lowest BCUT2D eigenvalue weighted by molar-refractivity contribution is 0.101. The number of carbonyl (C=O) groups excluding carboxylic acids is 2. The molecule has 0 fully saturated rings. The fraction of sp³-hybridized carbons (Fsp3) is 0.136. The van der Waals surface area contributed by atoms with Gasteiger partial charge in [-0.25, -0.2) is 4.98 Å². The first-order chi connectivity index (χ1) is 13.0. The Bertz CT molecular complexity index is 965. The van der Waals surface area contributed by atoms with Gasteiger partial charge in [-0.1, -0.05) is 42.0 Å². The minimum absolute atomic E-state index is 0.0439. The first kappa shape index (κ1) is 18.3. The lowest BCUT2D eigenvalue weighted by Gasteiger charge is -2.09. The molecule has 0 bridgehead atoms. The number of Topliss-reactive ketones (excluding diaryl/α,β-unsaturated/α-hetero) is 1. The van der Waals surface area contributed by atoms with Crippen molar-refractivity contribution >= 4 is 23.2 Å². The van der Waals surface area contributed by atoms with Crippen LogP contribution in [-0.4, -0.2) is 16.7 Å². The molecule has 0 unspecified atom stereocenters. The summed E-state index contributed by atoms with van der Waals surface area (Å²) in [4.78, 5) is 28.2. The van der Waals surface area contributed by atoms with Crippen LogP contribution in [0.5, 0.6) is 0 Å². The summed E-state index contributed by atoms with van der Waals surface area (Å²) in [5.74, 6) is 0.329. The quantitative estimate of drug-likeness (QED) is 0.638. The van der Waals surface area contributed by atoms with Crippen molar-refractivity contribution in [1.29, 1.82) is 0 Å². The fourth-order valence-corrected chi connectivity index (χ4v) is 2.59. The van der Waals surface area contributed by atoms with Crippen molar-refractivity contribution in [2.45, 2.75) is 20.4 Å². The molecule has 0 saturated heterocycles. The topological polar surface area (TPSA) is 71.1 Å². The van der Waals surface area contributed by atoms with Crippen molar-refractivity contribution in [2.24, 2.45) is 0 Å². The van der Waals surface area contributed by atoms with E-state index >= 15 is 0 Å². The Morgan fingerprint density at radius 3 is 2.48 bits per heavy atom. The van der Waals surface area contributed by atoms with Crippen molar-refractivity contribution in [3.05, 3.63) is 89.1 Å². The van der Waals surface area contributed by atoms with Gasteiger partial charge >= 0.3 is 0 Å². The summed E-state index contributed by atoms with van der Waals surface area (Å²) in [5, 5.41) is 6.04. The average molecular weight is 359 g/mol. The summed E-state index contributed by atoms with van der Waals surface area (Å²) in [6.07, 6.45) is 1.60. The van der Waals surface area contributed by atoms with E-state index in [1.54, 1.807) is 42.6 Å². The maximum atomic E-state index is 12.5. The second-order valence-electron chi connectivity index (χ2n) is 6.36. The standard InChI is InChI=1S/C22H21N3O2/c1-15-6-8-17(9-7-15)14-24-21-13-19(10-11-23-21)22(27)25-20-5-3-4-18(12-20)16(2)26/h3-13H,14H2,1-2H3,(H,23,24)(H,25,27). The van der Waals surface area contributed by atoms with Gasteiger partial charge in [0.2, 0.25) is 0 Å². The molecule has 3 rings (SSSR count). The molecular formula is C22H21N3O2. The molecule has 0 radical (unpaired) electrons. The number of hydrogen-bond acceptors (Lipinski definition) is 4. The molecule has 5 nitrogen and oxygen atoms in total. The van der Waals surface area contributed by atoms with Crippen molar-refractivity contribution in [3.8, 4) is 0 Å². The number of nitrogens with zero attached hydrogens (tertiary/aromatic N) is 1. The van der Waals surface area contributed by atoms with Crippen LogP contribution >= 0.6 is 0 Å². The zero-order chi connectivity index (χ0) is 19.2. The number of benzene rings is 2. The minimum atomic E-state index is -0.253. The molecule has 0 atom stereocenters. The molecule has 1 amide bonds. The molecule has 1 aromatic heterocycles. The molecule has 0 aliphatic rings. The predicted molar refractivity (Wildman–Crippen MR) is 107 cm³/mol. The summed E-state index contributed by atoms with van der Waals surface area (Å²) in [7, 11) is 0. The number of pyridine rings is 1. The van der Waals surface area contributed by atoms with E-state index in [2.05, 4.69) is 39.9 Å². The molecule has 5 heteroatoms. The van der Waals surface area contributed by atoms with Gasteiger partial charge < -0.3 is 10.6 Å². The van der Waals surface area contributed by atoms with Gasteiger partial charge in [0.15, 0.2) is 5.78 Å². The van der Waals surface area contributed by atoms with Gasteiger partial charge in [0, 0.05) is 29.6 Å². The highest BCUT2D eigenvalue weighted by atomic mass is 16.1. The SMILES string of the molecule is CC(=O)c1cccc(NC(=O)c2ccnc(NCc3ccc(C)cc3)c2)c1. The normalized spacial score (nSPS) is 10.3. The zero-order valence-electron chi connectivity index (χ0n) is 15.3. The number of carbonyl (C=O) groups is 2. The Labute approximate surface area is 158 Å². The molecular weight excluding hydrogens is 338 g/mol. The lowest BCUT2D eigenvalue weighted by Crippen LogP contribution is -2.13. The molecule has 0 spiro atoms. The fourth-order valence-electron chi connectivity index (χ4n) is 2.59. The number of ketones is 1. The van der Waals surface area contributed by atoms with Gasteiger partial charge in [-0.15, -0.1) is 0 Å². The Hall–Kier alpha value is -3.47. The van der Waals surface area contributed by atoms with Crippen LogP contribution in [0.3, 0.4) is 0 Å². The van der Waals surface area contributed by atoms with Crippen LogP contribution in [0.2, 0.25) is 0 Å². The molecule has 1 heterocycles. The Kier molecular flexibility index (Phi) is 5.61. The van der Waals surface area contributed by atoms with E-state index in [0.717, 1.165) is 5.56 Å². The maximum Gasteiger partial charge on any atom is 0.255 e. The third-order valence-electron chi connectivity index (χ3n) is 4.14. The summed E-state index contributed by atoms with van der Waals surface area (Å²) in [6.45, 7) is 4.17. The van der Waals surface area contributed by atoms with Crippen LogP contribution in [0.15, 0.2) is 66.9 Å². The number of aryl methyl sites for hydroxylation is 1. The van der Waals surface area contributed by atoms with Crippen molar-refractivity contribution in [3.63, 3.8) is 0 Å². The highest BCUT2D eigenvalue weighted by molar-refractivity contribution is 6.05. The molecule has 136 valence electrons. The third-order valence-corrected chi connectivity index (χ3v) is 4.14. The van der Waals surface area contributed by atoms with Gasteiger partial charge in [-0.05, 0) is 43.7 Å². The Balaban J connectivity index is 1.67. The minimum Gasteiger partial charge on any atom is -0.366 e. The third kappa shape index (κ3) is 5.01. The highest BCUT2D eigenvalue weighted by Crippen LogP contribution is 2.15. The Morgan fingerprint density at radius 1 is 0.963 bits per heavy atom. The van der Waals surface area contributed by atoms with Crippen molar-refractivity contribution in [2.75, 3.05) is 10.6 Å². The second kappa shape index (κ2) is 8.27. The summed E-state index contributed by atoms with van der Waals surface area (Å²) < 4.78 is 0. The van der Waals surface area contributed by atoms with Crippen molar-refractivity contribution in [1.82, 2.24) is 4.98 Å². The molecule has 0 aliphatic heterocycles. The Morgan fingerprint density at radius 2 is 1.74 bits per heavy atom. The first-order valence-corrected chi connectivity index (χ1v) is 8.69. The monoisotopic (exact) mass is 359 g/mol.